The molecule has 1 aliphatic rings. The smallest absolute Gasteiger partial charge is 0.363 e. The van der Waals surface area contributed by atoms with Gasteiger partial charge in [-0.05, 0) is 33.6 Å². The van der Waals surface area contributed by atoms with E-state index in [1.807, 2.05) is 30.3 Å². The summed E-state index contributed by atoms with van der Waals surface area (Å²) in [6, 6.07) is 13.2. The molecule has 2 heterocycles. The zero-order valence-corrected chi connectivity index (χ0v) is 12.0. The Labute approximate surface area is 123 Å². The van der Waals surface area contributed by atoms with Crippen LogP contribution in [0.15, 0.2) is 62.2 Å². The lowest BCUT2D eigenvalue weighted by molar-refractivity contribution is -0.130. The van der Waals surface area contributed by atoms with E-state index in [2.05, 4.69) is 20.9 Å². The van der Waals surface area contributed by atoms with Crippen molar-refractivity contribution in [1.29, 1.82) is 0 Å². The molecule has 1 aromatic heterocycles. The van der Waals surface area contributed by atoms with Crippen molar-refractivity contribution < 1.29 is 13.9 Å². The number of esters is 1. The lowest BCUT2D eigenvalue weighted by Gasteiger charge is -1.98. The van der Waals surface area contributed by atoms with Crippen molar-refractivity contribution in [3.05, 3.63) is 64.2 Å². The van der Waals surface area contributed by atoms with Gasteiger partial charge < -0.3 is 9.15 Å². The Morgan fingerprint density at radius 2 is 1.95 bits per heavy atom. The molecule has 0 atom stereocenters. The molecule has 0 bridgehead atoms. The molecule has 0 saturated carbocycles. The van der Waals surface area contributed by atoms with Crippen LogP contribution in [0.25, 0.3) is 6.08 Å². The molecule has 1 aliphatic heterocycles. The minimum Gasteiger partial charge on any atom is -0.450 e. The molecule has 1 aromatic carbocycles. The summed E-state index contributed by atoms with van der Waals surface area (Å²) in [5.74, 6) is 0.495. The second-order valence-electron chi connectivity index (χ2n) is 4.23. The minimum atomic E-state index is -0.455. The van der Waals surface area contributed by atoms with Crippen LogP contribution in [0.4, 0.5) is 0 Å². The monoisotopic (exact) mass is 331 g/mol. The van der Waals surface area contributed by atoms with Crippen LogP contribution >= 0.6 is 15.9 Å². The van der Waals surface area contributed by atoms with Crippen LogP contribution in [0, 0.1) is 0 Å². The molecular weight excluding hydrogens is 322 g/mol. The summed E-state index contributed by atoms with van der Waals surface area (Å²) < 4.78 is 11.1. The zero-order valence-electron chi connectivity index (χ0n) is 10.4. The van der Waals surface area contributed by atoms with E-state index in [9.17, 15) is 4.79 Å². The zero-order chi connectivity index (χ0) is 13.9. The third kappa shape index (κ3) is 2.88. The van der Waals surface area contributed by atoms with Gasteiger partial charge in [0.25, 0.3) is 0 Å². The third-order valence-electron chi connectivity index (χ3n) is 2.74. The second kappa shape index (κ2) is 5.46. The van der Waals surface area contributed by atoms with Gasteiger partial charge in [0, 0.05) is 12.5 Å². The first-order chi connectivity index (χ1) is 9.70. The Morgan fingerprint density at radius 1 is 1.15 bits per heavy atom. The number of cyclic esters (lactones) is 1. The van der Waals surface area contributed by atoms with Gasteiger partial charge in [-0.25, -0.2) is 9.79 Å². The Morgan fingerprint density at radius 3 is 2.65 bits per heavy atom. The average molecular weight is 332 g/mol. The number of nitrogens with zero attached hydrogens (tertiary/aromatic N) is 1. The van der Waals surface area contributed by atoms with Crippen molar-refractivity contribution in [3.8, 4) is 0 Å². The number of hydrogen-bond donors (Lipinski definition) is 0. The standard InChI is InChI=1S/C15H10BrNO3/c16-13-7-6-11(19-13)9-12-15(18)20-14(17-12)8-10-4-2-1-3-5-10/h1-7,9H,8H2/b12-9+. The summed E-state index contributed by atoms with van der Waals surface area (Å²) in [5, 5.41) is 0. The number of carbonyl (C=O) groups excluding carboxylic acids is 1. The summed E-state index contributed by atoms with van der Waals surface area (Å²) in [4.78, 5) is 15.9. The number of hydrogen-bond acceptors (Lipinski definition) is 4. The normalized spacial score (nSPS) is 16.4. The first-order valence-corrected chi connectivity index (χ1v) is 6.81. The number of benzene rings is 1. The van der Waals surface area contributed by atoms with Gasteiger partial charge in [0.2, 0.25) is 5.90 Å². The van der Waals surface area contributed by atoms with Gasteiger partial charge in [-0.3, -0.25) is 0 Å². The van der Waals surface area contributed by atoms with E-state index >= 15 is 0 Å². The predicted octanol–water partition coefficient (Wildman–Crippen LogP) is 3.58. The van der Waals surface area contributed by atoms with E-state index < -0.39 is 5.97 Å². The Bertz CT molecular complexity index is 701. The number of aliphatic imine (C=N–C) groups is 1. The van der Waals surface area contributed by atoms with E-state index in [1.54, 1.807) is 18.2 Å². The van der Waals surface area contributed by atoms with E-state index in [1.165, 1.54) is 0 Å². The van der Waals surface area contributed by atoms with Crippen molar-refractivity contribution in [2.24, 2.45) is 4.99 Å². The molecule has 0 saturated heterocycles. The highest BCUT2D eigenvalue weighted by Crippen LogP contribution is 2.20. The molecule has 0 unspecified atom stereocenters. The Kier molecular flexibility index (Phi) is 3.52. The molecule has 4 nitrogen and oxygen atoms in total. The highest BCUT2D eigenvalue weighted by atomic mass is 79.9. The van der Waals surface area contributed by atoms with Crippen molar-refractivity contribution in [2.45, 2.75) is 6.42 Å². The Balaban J connectivity index is 1.80. The highest BCUT2D eigenvalue weighted by Gasteiger charge is 2.23. The molecule has 0 aliphatic carbocycles. The highest BCUT2D eigenvalue weighted by molar-refractivity contribution is 9.10. The summed E-state index contributed by atoms with van der Waals surface area (Å²) in [6.07, 6.45) is 2.05. The maximum Gasteiger partial charge on any atom is 0.363 e. The average Bonchev–Trinajstić information content (AvgIpc) is 2.98. The SMILES string of the molecule is O=C1OC(Cc2ccccc2)=N/C1=C/c1ccc(Br)o1. The van der Waals surface area contributed by atoms with Gasteiger partial charge >= 0.3 is 5.97 Å². The molecule has 0 amide bonds. The molecule has 5 heteroatoms. The van der Waals surface area contributed by atoms with Crippen molar-refractivity contribution in [1.82, 2.24) is 0 Å². The van der Waals surface area contributed by atoms with Crippen LogP contribution in [-0.2, 0) is 16.0 Å². The quantitative estimate of drug-likeness (QED) is 0.638. The molecule has 0 radical (unpaired) electrons. The lowest BCUT2D eigenvalue weighted by Crippen LogP contribution is -2.06. The topological polar surface area (TPSA) is 51.8 Å². The first kappa shape index (κ1) is 12.9. The van der Waals surface area contributed by atoms with Crippen molar-refractivity contribution in [2.75, 3.05) is 0 Å². The van der Waals surface area contributed by atoms with Gasteiger partial charge in [-0.2, -0.15) is 0 Å². The summed E-state index contributed by atoms with van der Waals surface area (Å²) in [6.45, 7) is 0. The molecule has 0 spiro atoms. The molecule has 100 valence electrons. The molecule has 0 fully saturated rings. The summed E-state index contributed by atoms with van der Waals surface area (Å²) in [7, 11) is 0. The van der Waals surface area contributed by atoms with Crippen LogP contribution in [-0.4, -0.2) is 11.9 Å². The second-order valence-corrected chi connectivity index (χ2v) is 5.01. The van der Waals surface area contributed by atoms with Crippen LogP contribution < -0.4 is 0 Å². The predicted molar refractivity (Wildman–Crippen MR) is 78.1 cm³/mol. The van der Waals surface area contributed by atoms with Gasteiger partial charge in [0.05, 0.1) is 0 Å². The van der Waals surface area contributed by atoms with Gasteiger partial charge in [-0.1, -0.05) is 30.3 Å². The van der Waals surface area contributed by atoms with E-state index in [0.717, 1.165) is 5.56 Å². The van der Waals surface area contributed by atoms with Gasteiger partial charge in [-0.15, -0.1) is 0 Å². The van der Waals surface area contributed by atoms with E-state index in [-0.39, 0.29) is 5.70 Å². The minimum absolute atomic E-state index is 0.248. The fourth-order valence-electron chi connectivity index (χ4n) is 1.84. The van der Waals surface area contributed by atoms with E-state index in [0.29, 0.717) is 22.7 Å². The molecular formula is C15H10BrNO3. The van der Waals surface area contributed by atoms with Crippen LogP contribution in [0.1, 0.15) is 11.3 Å². The number of carbonyl (C=O) groups is 1. The van der Waals surface area contributed by atoms with Crippen molar-refractivity contribution in [3.63, 3.8) is 0 Å². The molecule has 3 rings (SSSR count). The van der Waals surface area contributed by atoms with Crippen LogP contribution in [0.5, 0.6) is 0 Å². The fourth-order valence-corrected chi connectivity index (χ4v) is 2.16. The maximum absolute atomic E-state index is 11.7. The van der Waals surface area contributed by atoms with Crippen LogP contribution in [0.3, 0.4) is 0 Å². The Hall–Kier alpha value is -2.14. The van der Waals surface area contributed by atoms with Gasteiger partial charge in [0.1, 0.15) is 5.76 Å². The van der Waals surface area contributed by atoms with Crippen LogP contribution in [0.2, 0.25) is 0 Å². The number of furan rings is 1. The number of halogens is 1. The number of rotatable bonds is 3. The summed E-state index contributed by atoms with van der Waals surface area (Å²) >= 11 is 3.20. The largest absolute Gasteiger partial charge is 0.450 e. The molecule has 2 aromatic rings. The fraction of sp³-hybridized carbons (Fsp3) is 0.0667. The maximum atomic E-state index is 11.7. The third-order valence-corrected chi connectivity index (χ3v) is 3.16. The molecule has 20 heavy (non-hydrogen) atoms. The number of ether oxygens (including phenoxy) is 1. The summed E-state index contributed by atoms with van der Waals surface area (Å²) in [5.41, 5.74) is 1.29. The van der Waals surface area contributed by atoms with Crippen molar-refractivity contribution >= 4 is 33.9 Å². The van der Waals surface area contributed by atoms with Gasteiger partial charge in [0.15, 0.2) is 10.4 Å². The lowest BCUT2D eigenvalue weighted by atomic mass is 10.1. The molecule has 0 N–H and O–H groups in total. The van der Waals surface area contributed by atoms with E-state index in [4.69, 9.17) is 9.15 Å². The first-order valence-electron chi connectivity index (χ1n) is 6.01.